The number of piperidine rings is 1. The number of benzene rings is 1. The van der Waals surface area contributed by atoms with Gasteiger partial charge in [0.2, 0.25) is 0 Å². The zero-order valence-corrected chi connectivity index (χ0v) is 12.5. The second-order valence-electron chi connectivity index (χ2n) is 5.46. The molecule has 0 N–H and O–H groups in total. The molecule has 1 aromatic carbocycles. The Balaban J connectivity index is 1.89. The lowest BCUT2D eigenvalue weighted by molar-refractivity contribution is -0.141. The van der Waals surface area contributed by atoms with Gasteiger partial charge >= 0.3 is 5.97 Å². The molecule has 1 aliphatic heterocycles. The summed E-state index contributed by atoms with van der Waals surface area (Å²) in [5.41, 5.74) is 2.53. The van der Waals surface area contributed by atoms with Gasteiger partial charge in [-0.1, -0.05) is 12.1 Å². The molecule has 0 bridgehead atoms. The lowest BCUT2D eigenvalue weighted by atomic mass is 10.1. The molecule has 1 aliphatic rings. The number of ether oxygens (including phenoxy) is 1. The van der Waals surface area contributed by atoms with Gasteiger partial charge < -0.3 is 9.64 Å². The molecule has 0 unspecified atom stereocenters. The quantitative estimate of drug-likeness (QED) is 0.773. The van der Waals surface area contributed by atoms with Crippen molar-refractivity contribution in [3.8, 4) is 0 Å². The van der Waals surface area contributed by atoms with Gasteiger partial charge in [0, 0.05) is 25.3 Å². The van der Waals surface area contributed by atoms with E-state index in [-0.39, 0.29) is 5.97 Å². The minimum absolute atomic E-state index is 0.197. The summed E-state index contributed by atoms with van der Waals surface area (Å²) in [5.74, 6) is -0.197. The highest BCUT2D eigenvalue weighted by atomic mass is 16.5. The molecule has 0 atom stereocenters. The van der Waals surface area contributed by atoms with Crippen LogP contribution in [0.4, 0.5) is 5.69 Å². The summed E-state index contributed by atoms with van der Waals surface area (Å²) in [4.78, 5) is 15.6. The lowest BCUT2D eigenvalue weighted by Crippen LogP contribution is -2.29. The van der Waals surface area contributed by atoms with Gasteiger partial charge in [-0.25, -0.2) is 0 Å². The first kappa shape index (κ1) is 14.9. The van der Waals surface area contributed by atoms with Crippen molar-refractivity contribution in [2.45, 2.75) is 25.8 Å². The van der Waals surface area contributed by atoms with Crippen LogP contribution in [0, 0.1) is 0 Å². The molecule has 20 heavy (non-hydrogen) atoms. The third kappa shape index (κ3) is 4.23. The molecule has 0 radical (unpaired) electrons. The number of nitrogens with zero attached hydrogens (tertiary/aromatic N) is 2. The Morgan fingerprint density at radius 2 is 1.85 bits per heavy atom. The van der Waals surface area contributed by atoms with Crippen molar-refractivity contribution in [2.75, 3.05) is 38.7 Å². The van der Waals surface area contributed by atoms with Crippen LogP contribution in [0.2, 0.25) is 0 Å². The Bertz CT molecular complexity index is 425. The van der Waals surface area contributed by atoms with E-state index in [9.17, 15) is 4.79 Å². The van der Waals surface area contributed by atoms with Gasteiger partial charge in [-0.05, 0) is 44.0 Å². The van der Waals surface area contributed by atoms with Crippen molar-refractivity contribution in [2.24, 2.45) is 0 Å². The van der Waals surface area contributed by atoms with Crippen LogP contribution in [-0.4, -0.2) is 44.7 Å². The van der Waals surface area contributed by atoms with E-state index in [1.165, 1.54) is 50.7 Å². The Kier molecular flexibility index (Phi) is 5.41. The summed E-state index contributed by atoms with van der Waals surface area (Å²) in [5, 5.41) is 0. The standard InChI is InChI=1S/C16H24N2O2/c1-17(13-16(19)20-2)12-14-6-8-15(9-7-14)18-10-4-3-5-11-18/h6-9H,3-5,10-13H2,1-2H3. The van der Waals surface area contributed by atoms with Crippen molar-refractivity contribution in [3.05, 3.63) is 29.8 Å². The third-order valence-electron chi connectivity index (χ3n) is 3.74. The van der Waals surface area contributed by atoms with Crippen LogP contribution >= 0.6 is 0 Å². The van der Waals surface area contributed by atoms with Crippen molar-refractivity contribution in [3.63, 3.8) is 0 Å². The van der Waals surface area contributed by atoms with E-state index in [4.69, 9.17) is 0 Å². The zero-order valence-electron chi connectivity index (χ0n) is 12.5. The topological polar surface area (TPSA) is 32.8 Å². The van der Waals surface area contributed by atoms with Crippen LogP contribution < -0.4 is 4.90 Å². The van der Waals surface area contributed by atoms with E-state index >= 15 is 0 Å². The molecular weight excluding hydrogens is 252 g/mol. The molecule has 1 heterocycles. The molecule has 2 rings (SSSR count). The number of hydrogen-bond donors (Lipinski definition) is 0. The number of anilines is 1. The largest absolute Gasteiger partial charge is 0.468 e. The molecule has 1 saturated heterocycles. The van der Waals surface area contributed by atoms with Gasteiger partial charge in [-0.2, -0.15) is 0 Å². The highest BCUT2D eigenvalue weighted by Crippen LogP contribution is 2.20. The Morgan fingerprint density at radius 3 is 2.45 bits per heavy atom. The van der Waals surface area contributed by atoms with Crippen LogP contribution in [0.5, 0.6) is 0 Å². The number of esters is 1. The molecule has 0 aliphatic carbocycles. The number of carbonyl (C=O) groups is 1. The van der Waals surface area contributed by atoms with Gasteiger partial charge in [0.1, 0.15) is 0 Å². The Hall–Kier alpha value is -1.55. The van der Waals surface area contributed by atoms with Crippen molar-refractivity contribution in [1.82, 2.24) is 4.90 Å². The van der Waals surface area contributed by atoms with Crippen LogP contribution in [0.25, 0.3) is 0 Å². The maximum Gasteiger partial charge on any atom is 0.319 e. The number of carbonyl (C=O) groups excluding carboxylic acids is 1. The molecule has 0 amide bonds. The lowest BCUT2D eigenvalue weighted by Gasteiger charge is -2.29. The SMILES string of the molecule is COC(=O)CN(C)Cc1ccc(N2CCCCC2)cc1. The predicted octanol–water partition coefficient (Wildman–Crippen LogP) is 2.28. The summed E-state index contributed by atoms with van der Waals surface area (Å²) in [6, 6.07) is 8.68. The van der Waals surface area contributed by atoms with Crippen LogP contribution in [0.1, 0.15) is 24.8 Å². The zero-order chi connectivity index (χ0) is 14.4. The molecular formula is C16H24N2O2. The number of methoxy groups -OCH3 is 1. The highest BCUT2D eigenvalue weighted by Gasteiger charge is 2.11. The second kappa shape index (κ2) is 7.29. The minimum atomic E-state index is -0.197. The van der Waals surface area contributed by atoms with Gasteiger partial charge in [-0.3, -0.25) is 9.69 Å². The van der Waals surface area contributed by atoms with Crippen molar-refractivity contribution >= 4 is 11.7 Å². The van der Waals surface area contributed by atoms with Gasteiger partial charge in [-0.15, -0.1) is 0 Å². The fraction of sp³-hybridized carbons (Fsp3) is 0.562. The van der Waals surface area contributed by atoms with E-state index in [1.807, 2.05) is 11.9 Å². The van der Waals surface area contributed by atoms with E-state index in [0.717, 1.165) is 6.54 Å². The summed E-state index contributed by atoms with van der Waals surface area (Å²) in [6.07, 6.45) is 3.94. The molecule has 0 aromatic heterocycles. The number of likely N-dealkylation sites (N-methyl/N-ethyl adjacent to an activating group) is 1. The van der Waals surface area contributed by atoms with Crippen molar-refractivity contribution < 1.29 is 9.53 Å². The smallest absolute Gasteiger partial charge is 0.319 e. The minimum Gasteiger partial charge on any atom is -0.468 e. The summed E-state index contributed by atoms with van der Waals surface area (Å²) in [7, 11) is 3.35. The van der Waals surface area contributed by atoms with Gasteiger partial charge in [0.05, 0.1) is 13.7 Å². The average Bonchev–Trinajstić information content (AvgIpc) is 2.48. The molecule has 4 heteroatoms. The van der Waals surface area contributed by atoms with E-state index in [0.29, 0.717) is 6.54 Å². The molecule has 110 valence electrons. The highest BCUT2D eigenvalue weighted by molar-refractivity contribution is 5.71. The fourth-order valence-corrected chi connectivity index (χ4v) is 2.62. The normalized spacial score (nSPS) is 15.4. The summed E-state index contributed by atoms with van der Waals surface area (Å²) >= 11 is 0. The van der Waals surface area contributed by atoms with Crippen molar-refractivity contribution in [1.29, 1.82) is 0 Å². The van der Waals surface area contributed by atoms with Crippen LogP contribution in [0.3, 0.4) is 0 Å². The molecule has 0 spiro atoms. The third-order valence-corrected chi connectivity index (χ3v) is 3.74. The maximum atomic E-state index is 11.2. The van der Waals surface area contributed by atoms with Gasteiger partial charge in [0.15, 0.2) is 0 Å². The fourth-order valence-electron chi connectivity index (χ4n) is 2.62. The average molecular weight is 276 g/mol. The summed E-state index contributed by atoms with van der Waals surface area (Å²) in [6.45, 7) is 3.42. The monoisotopic (exact) mass is 276 g/mol. The first-order valence-electron chi connectivity index (χ1n) is 7.28. The number of hydrogen-bond acceptors (Lipinski definition) is 4. The molecule has 1 fully saturated rings. The molecule has 1 aromatic rings. The Labute approximate surface area is 121 Å². The Morgan fingerprint density at radius 1 is 1.20 bits per heavy atom. The molecule has 0 saturated carbocycles. The van der Waals surface area contributed by atoms with Crippen LogP contribution in [-0.2, 0) is 16.1 Å². The predicted molar refractivity (Wildman–Crippen MR) is 80.9 cm³/mol. The van der Waals surface area contributed by atoms with E-state index < -0.39 is 0 Å². The van der Waals surface area contributed by atoms with Gasteiger partial charge in [0.25, 0.3) is 0 Å². The maximum absolute atomic E-state index is 11.2. The second-order valence-corrected chi connectivity index (χ2v) is 5.46. The first-order chi connectivity index (χ1) is 9.69. The summed E-state index contributed by atoms with van der Waals surface area (Å²) < 4.78 is 4.67. The first-order valence-corrected chi connectivity index (χ1v) is 7.28. The van der Waals surface area contributed by atoms with E-state index in [2.05, 4.69) is 33.9 Å². The van der Waals surface area contributed by atoms with Crippen LogP contribution in [0.15, 0.2) is 24.3 Å². The van der Waals surface area contributed by atoms with E-state index in [1.54, 1.807) is 0 Å². The number of rotatable bonds is 5. The molecule has 4 nitrogen and oxygen atoms in total.